The van der Waals surface area contributed by atoms with Crippen LogP contribution in [0.5, 0.6) is 0 Å². The number of carbonyl (C=O) groups is 1. The first kappa shape index (κ1) is 12.7. The summed E-state index contributed by atoms with van der Waals surface area (Å²) in [4.78, 5) is 12.2. The zero-order valence-corrected chi connectivity index (χ0v) is 11.3. The van der Waals surface area contributed by atoms with E-state index in [-0.39, 0.29) is 11.8 Å². The van der Waals surface area contributed by atoms with E-state index in [1.807, 2.05) is 18.2 Å². The van der Waals surface area contributed by atoms with Crippen molar-refractivity contribution in [2.75, 3.05) is 0 Å². The third-order valence-corrected chi connectivity index (χ3v) is 4.59. The molecule has 2 aliphatic carbocycles. The van der Waals surface area contributed by atoms with Crippen LogP contribution in [0.25, 0.3) is 0 Å². The first-order chi connectivity index (χ1) is 9.22. The molecule has 0 radical (unpaired) electrons. The van der Waals surface area contributed by atoms with Gasteiger partial charge in [-0.25, -0.2) is 0 Å². The van der Waals surface area contributed by atoms with Crippen LogP contribution in [-0.2, 0) is 4.79 Å². The van der Waals surface area contributed by atoms with Crippen molar-refractivity contribution in [3.8, 4) is 0 Å². The lowest BCUT2D eigenvalue weighted by atomic mass is 9.69. The molecule has 0 aromatic heterocycles. The molecule has 2 saturated carbocycles. The molecule has 2 unspecified atom stereocenters. The maximum Gasteiger partial charge on any atom is 0.238 e. The van der Waals surface area contributed by atoms with Gasteiger partial charge in [-0.05, 0) is 31.2 Å². The zero-order valence-electron chi connectivity index (χ0n) is 11.3. The first-order valence-corrected chi connectivity index (χ1v) is 7.35. The van der Waals surface area contributed by atoms with Gasteiger partial charge in [0.2, 0.25) is 5.91 Å². The normalized spacial score (nSPS) is 31.1. The van der Waals surface area contributed by atoms with Gasteiger partial charge in [-0.2, -0.15) is 0 Å². The van der Waals surface area contributed by atoms with Crippen LogP contribution in [0, 0.1) is 0 Å². The summed E-state index contributed by atoms with van der Waals surface area (Å²) in [5, 5.41) is 3.58. The number of nitrogens with one attached hydrogen (secondary N) is 1. The van der Waals surface area contributed by atoms with Crippen LogP contribution < -0.4 is 11.1 Å². The van der Waals surface area contributed by atoms with Crippen LogP contribution >= 0.6 is 0 Å². The van der Waals surface area contributed by atoms with Crippen molar-refractivity contribution >= 4 is 5.91 Å². The van der Waals surface area contributed by atoms with Gasteiger partial charge in [-0.3, -0.25) is 4.79 Å². The molecule has 0 bridgehead atoms. The van der Waals surface area contributed by atoms with Gasteiger partial charge in [-0.1, -0.05) is 43.2 Å². The summed E-state index contributed by atoms with van der Waals surface area (Å²) in [7, 11) is 0. The summed E-state index contributed by atoms with van der Waals surface area (Å²) in [5.74, 6) is 0.0495. The molecule has 102 valence electrons. The van der Waals surface area contributed by atoms with Crippen molar-refractivity contribution in [1.82, 2.24) is 5.32 Å². The van der Waals surface area contributed by atoms with E-state index in [1.54, 1.807) is 0 Å². The Labute approximate surface area is 114 Å². The minimum atomic E-state index is -0.527. The number of hydrogen-bond donors (Lipinski definition) is 2. The van der Waals surface area contributed by atoms with Gasteiger partial charge < -0.3 is 11.1 Å². The van der Waals surface area contributed by atoms with E-state index in [4.69, 9.17) is 5.73 Å². The molecule has 0 saturated heterocycles. The van der Waals surface area contributed by atoms with Gasteiger partial charge >= 0.3 is 0 Å². The van der Waals surface area contributed by atoms with E-state index in [0.29, 0.717) is 6.04 Å². The van der Waals surface area contributed by atoms with E-state index in [2.05, 4.69) is 17.4 Å². The van der Waals surface area contributed by atoms with Gasteiger partial charge in [0.1, 0.15) is 5.54 Å². The van der Waals surface area contributed by atoms with Crippen molar-refractivity contribution in [3.05, 3.63) is 35.9 Å². The molecule has 0 aliphatic heterocycles. The van der Waals surface area contributed by atoms with E-state index < -0.39 is 5.54 Å². The fourth-order valence-electron chi connectivity index (χ4n) is 3.44. The fraction of sp³-hybridized carbons (Fsp3) is 0.562. The molecule has 3 heteroatoms. The second-order valence-electron chi connectivity index (χ2n) is 5.96. The number of nitrogens with two attached hydrogens (primary N) is 1. The van der Waals surface area contributed by atoms with Crippen molar-refractivity contribution < 1.29 is 4.79 Å². The van der Waals surface area contributed by atoms with Gasteiger partial charge in [0, 0.05) is 12.0 Å². The molecule has 2 fully saturated rings. The summed E-state index contributed by atoms with van der Waals surface area (Å²) in [6.45, 7) is 0. The van der Waals surface area contributed by atoms with E-state index in [0.717, 1.165) is 19.3 Å². The van der Waals surface area contributed by atoms with Crippen LogP contribution in [0.2, 0.25) is 0 Å². The number of rotatable bonds is 4. The van der Waals surface area contributed by atoms with Crippen LogP contribution in [-0.4, -0.2) is 17.5 Å². The predicted octanol–water partition coefficient (Wildman–Crippen LogP) is 2.32. The summed E-state index contributed by atoms with van der Waals surface area (Å²) >= 11 is 0. The van der Waals surface area contributed by atoms with Crippen LogP contribution in [0.4, 0.5) is 0 Å². The molecule has 2 aliphatic rings. The number of hydrogen-bond acceptors (Lipinski definition) is 2. The highest BCUT2D eigenvalue weighted by molar-refractivity contribution is 5.86. The number of primary amides is 1. The lowest BCUT2D eigenvalue weighted by molar-refractivity contribution is -0.126. The average Bonchev–Trinajstić information content (AvgIpc) is 3.24. The summed E-state index contributed by atoms with van der Waals surface area (Å²) < 4.78 is 0. The molecule has 3 rings (SSSR count). The highest BCUT2D eigenvalue weighted by Gasteiger charge is 2.48. The van der Waals surface area contributed by atoms with E-state index in [9.17, 15) is 4.79 Å². The largest absolute Gasteiger partial charge is 0.368 e. The predicted molar refractivity (Wildman–Crippen MR) is 75.7 cm³/mol. The SMILES string of the molecule is NC(=O)C1(NC2CC2)CCCCC1c1ccccc1. The standard InChI is InChI=1S/C16H22N2O/c17-15(19)16(18-13-9-10-13)11-5-4-8-14(16)12-6-2-1-3-7-12/h1-3,6-7,13-14,18H,4-5,8-11H2,(H2,17,19). The minimum Gasteiger partial charge on any atom is -0.368 e. The monoisotopic (exact) mass is 258 g/mol. The molecular formula is C16H22N2O. The zero-order chi connectivity index (χ0) is 13.3. The molecular weight excluding hydrogens is 236 g/mol. The topological polar surface area (TPSA) is 55.1 Å². The highest BCUT2D eigenvalue weighted by Crippen LogP contribution is 2.42. The lowest BCUT2D eigenvalue weighted by Crippen LogP contribution is -2.61. The second-order valence-corrected chi connectivity index (χ2v) is 5.96. The molecule has 3 nitrogen and oxygen atoms in total. The van der Waals surface area contributed by atoms with Crippen molar-refractivity contribution in [2.24, 2.45) is 5.73 Å². The van der Waals surface area contributed by atoms with Crippen molar-refractivity contribution in [2.45, 2.75) is 56.0 Å². The highest BCUT2D eigenvalue weighted by atomic mass is 16.1. The van der Waals surface area contributed by atoms with Crippen molar-refractivity contribution in [3.63, 3.8) is 0 Å². The third-order valence-electron chi connectivity index (χ3n) is 4.59. The van der Waals surface area contributed by atoms with E-state index >= 15 is 0 Å². The van der Waals surface area contributed by atoms with Crippen LogP contribution in [0.3, 0.4) is 0 Å². The Bertz CT molecular complexity index is 455. The minimum absolute atomic E-state index is 0.173. The van der Waals surface area contributed by atoms with Gasteiger partial charge in [0.05, 0.1) is 0 Å². The number of benzene rings is 1. The van der Waals surface area contributed by atoms with Gasteiger partial charge in [0.25, 0.3) is 0 Å². The molecule has 2 atom stereocenters. The van der Waals surface area contributed by atoms with Crippen LogP contribution in [0.1, 0.15) is 50.0 Å². The smallest absolute Gasteiger partial charge is 0.238 e. The molecule has 0 heterocycles. The first-order valence-electron chi connectivity index (χ1n) is 7.35. The Morgan fingerprint density at radius 2 is 1.89 bits per heavy atom. The number of carbonyl (C=O) groups excluding carboxylic acids is 1. The van der Waals surface area contributed by atoms with E-state index in [1.165, 1.54) is 24.8 Å². The van der Waals surface area contributed by atoms with Crippen LogP contribution in [0.15, 0.2) is 30.3 Å². The van der Waals surface area contributed by atoms with Gasteiger partial charge in [-0.15, -0.1) is 0 Å². The molecule has 19 heavy (non-hydrogen) atoms. The molecule has 1 amide bonds. The summed E-state index contributed by atoms with van der Waals surface area (Å²) in [5.41, 5.74) is 6.52. The molecule has 1 aromatic carbocycles. The molecule has 0 spiro atoms. The Balaban J connectivity index is 1.95. The maximum atomic E-state index is 12.2. The Hall–Kier alpha value is -1.35. The third kappa shape index (κ3) is 2.39. The number of amides is 1. The summed E-state index contributed by atoms with van der Waals surface area (Å²) in [6, 6.07) is 10.9. The average molecular weight is 258 g/mol. The molecule has 1 aromatic rings. The molecule has 3 N–H and O–H groups in total. The Morgan fingerprint density at radius 3 is 2.53 bits per heavy atom. The lowest BCUT2D eigenvalue weighted by Gasteiger charge is -2.43. The second kappa shape index (κ2) is 4.97. The van der Waals surface area contributed by atoms with Crippen molar-refractivity contribution in [1.29, 1.82) is 0 Å². The van der Waals surface area contributed by atoms with Gasteiger partial charge in [0.15, 0.2) is 0 Å². The maximum absolute atomic E-state index is 12.2. The summed E-state index contributed by atoms with van der Waals surface area (Å²) in [6.07, 6.45) is 6.55. The fourth-order valence-corrected chi connectivity index (χ4v) is 3.44. The quantitative estimate of drug-likeness (QED) is 0.871. The Morgan fingerprint density at radius 1 is 1.16 bits per heavy atom. The Kier molecular flexibility index (Phi) is 3.31.